The molecule has 0 aliphatic carbocycles. The standard InChI is InChI=1S/C15H20F2N2O/c1-2-6-15(7-3-8-18-10-15)14(20)19-11-4-5-12(16)13(17)9-11/h4-5,9,18H,2-3,6-8,10H2,1H3,(H,19,20). The number of nitrogens with one attached hydrogen (secondary N) is 2. The molecule has 1 amide bonds. The fourth-order valence-corrected chi connectivity index (χ4v) is 2.80. The third-order valence-electron chi connectivity index (χ3n) is 3.86. The highest BCUT2D eigenvalue weighted by Crippen LogP contribution is 2.33. The number of carbonyl (C=O) groups excluding carboxylic acids is 1. The molecule has 2 N–H and O–H groups in total. The quantitative estimate of drug-likeness (QED) is 0.891. The molecular formula is C15H20F2N2O. The Bertz CT molecular complexity index is 479. The van der Waals surface area contributed by atoms with E-state index in [2.05, 4.69) is 10.6 Å². The SMILES string of the molecule is CCCC1(C(=O)Nc2ccc(F)c(F)c2)CCCNC1. The van der Waals surface area contributed by atoms with Gasteiger partial charge in [-0.05, 0) is 37.9 Å². The second-order valence-electron chi connectivity index (χ2n) is 5.39. The van der Waals surface area contributed by atoms with Crippen LogP contribution in [0.4, 0.5) is 14.5 Å². The van der Waals surface area contributed by atoms with Crippen LogP contribution < -0.4 is 10.6 Å². The summed E-state index contributed by atoms with van der Waals surface area (Å²) in [6.07, 6.45) is 3.47. The van der Waals surface area contributed by atoms with Crippen molar-refractivity contribution < 1.29 is 13.6 Å². The fraction of sp³-hybridized carbons (Fsp3) is 0.533. The largest absolute Gasteiger partial charge is 0.325 e. The van der Waals surface area contributed by atoms with E-state index in [0.29, 0.717) is 12.2 Å². The molecule has 0 saturated carbocycles. The average Bonchev–Trinajstić information content (AvgIpc) is 2.44. The summed E-state index contributed by atoms with van der Waals surface area (Å²) in [4.78, 5) is 12.5. The van der Waals surface area contributed by atoms with Crippen molar-refractivity contribution in [2.45, 2.75) is 32.6 Å². The van der Waals surface area contributed by atoms with Crippen LogP contribution in [-0.4, -0.2) is 19.0 Å². The number of amides is 1. The van der Waals surface area contributed by atoms with Crippen molar-refractivity contribution in [3.05, 3.63) is 29.8 Å². The molecule has 1 atom stereocenters. The van der Waals surface area contributed by atoms with E-state index in [1.54, 1.807) is 0 Å². The van der Waals surface area contributed by atoms with Crippen LogP contribution in [0, 0.1) is 17.0 Å². The Morgan fingerprint density at radius 2 is 2.20 bits per heavy atom. The summed E-state index contributed by atoms with van der Waals surface area (Å²) in [6.45, 7) is 3.60. The van der Waals surface area contributed by atoms with Crippen molar-refractivity contribution in [3.63, 3.8) is 0 Å². The molecule has 0 aromatic heterocycles. The maximum atomic E-state index is 13.2. The summed E-state index contributed by atoms with van der Waals surface area (Å²) in [5, 5.41) is 5.97. The molecule has 0 radical (unpaired) electrons. The molecule has 0 bridgehead atoms. The topological polar surface area (TPSA) is 41.1 Å². The van der Waals surface area contributed by atoms with E-state index in [9.17, 15) is 13.6 Å². The number of hydrogen-bond donors (Lipinski definition) is 2. The third-order valence-corrected chi connectivity index (χ3v) is 3.86. The zero-order valence-corrected chi connectivity index (χ0v) is 11.6. The lowest BCUT2D eigenvalue weighted by Crippen LogP contribution is -2.48. The lowest BCUT2D eigenvalue weighted by atomic mass is 9.76. The molecule has 20 heavy (non-hydrogen) atoms. The second-order valence-corrected chi connectivity index (χ2v) is 5.39. The monoisotopic (exact) mass is 282 g/mol. The van der Waals surface area contributed by atoms with Crippen molar-refractivity contribution in [2.24, 2.45) is 5.41 Å². The number of piperidine rings is 1. The van der Waals surface area contributed by atoms with Gasteiger partial charge in [0.15, 0.2) is 11.6 Å². The van der Waals surface area contributed by atoms with Crippen LogP contribution in [-0.2, 0) is 4.79 Å². The Morgan fingerprint density at radius 1 is 1.40 bits per heavy atom. The van der Waals surface area contributed by atoms with Crippen molar-refractivity contribution in [1.29, 1.82) is 0 Å². The van der Waals surface area contributed by atoms with Crippen molar-refractivity contribution in [2.75, 3.05) is 18.4 Å². The summed E-state index contributed by atoms with van der Waals surface area (Å²) in [6, 6.07) is 3.42. The molecule has 3 nitrogen and oxygen atoms in total. The fourth-order valence-electron chi connectivity index (χ4n) is 2.80. The molecule has 1 aromatic rings. The molecule has 1 unspecified atom stereocenters. The van der Waals surface area contributed by atoms with E-state index < -0.39 is 17.0 Å². The highest BCUT2D eigenvalue weighted by Gasteiger charge is 2.38. The molecule has 1 aromatic carbocycles. The van der Waals surface area contributed by atoms with E-state index in [1.165, 1.54) is 6.07 Å². The van der Waals surface area contributed by atoms with Crippen molar-refractivity contribution in [1.82, 2.24) is 5.32 Å². The van der Waals surface area contributed by atoms with Gasteiger partial charge in [-0.3, -0.25) is 4.79 Å². The third kappa shape index (κ3) is 3.15. The zero-order chi connectivity index (χ0) is 14.6. The summed E-state index contributed by atoms with van der Waals surface area (Å²) in [7, 11) is 0. The van der Waals surface area contributed by atoms with Crippen LogP contribution >= 0.6 is 0 Å². The molecule has 1 aliphatic rings. The van der Waals surface area contributed by atoms with Crippen LogP contribution in [0.2, 0.25) is 0 Å². The molecule has 1 saturated heterocycles. The minimum atomic E-state index is -0.950. The Balaban J connectivity index is 2.13. The molecule has 1 heterocycles. The van der Waals surface area contributed by atoms with Crippen LogP contribution in [0.5, 0.6) is 0 Å². The summed E-state index contributed by atoms with van der Waals surface area (Å²) < 4.78 is 26.1. The van der Waals surface area contributed by atoms with Gasteiger partial charge in [0.25, 0.3) is 0 Å². The maximum Gasteiger partial charge on any atom is 0.231 e. The highest BCUT2D eigenvalue weighted by atomic mass is 19.2. The number of rotatable bonds is 4. The number of anilines is 1. The van der Waals surface area contributed by atoms with E-state index in [4.69, 9.17) is 0 Å². The normalized spacial score (nSPS) is 22.6. The Kier molecular flexibility index (Phi) is 4.70. The molecular weight excluding hydrogens is 262 g/mol. The Hall–Kier alpha value is -1.49. The van der Waals surface area contributed by atoms with Crippen LogP contribution in [0.3, 0.4) is 0 Å². The first-order chi connectivity index (χ1) is 9.57. The highest BCUT2D eigenvalue weighted by molar-refractivity contribution is 5.95. The molecule has 2 rings (SSSR count). The average molecular weight is 282 g/mol. The van der Waals surface area contributed by atoms with E-state index >= 15 is 0 Å². The zero-order valence-electron chi connectivity index (χ0n) is 11.6. The number of halogens is 2. The maximum absolute atomic E-state index is 13.2. The number of hydrogen-bond acceptors (Lipinski definition) is 2. The first kappa shape index (κ1) is 14.9. The molecule has 0 spiro atoms. The van der Waals surface area contributed by atoms with Gasteiger partial charge in [0, 0.05) is 18.3 Å². The lowest BCUT2D eigenvalue weighted by molar-refractivity contribution is -0.127. The summed E-state index contributed by atoms with van der Waals surface area (Å²) >= 11 is 0. The predicted molar refractivity (Wildman–Crippen MR) is 74.4 cm³/mol. The van der Waals surface area contributed by atoms with Crippen LogP contribution in [0.15, 0.2) is 18.2 Å². The molecule has 5 heteroatoms. The number of benzene rings is 1. The van der Waals surface area contributed by atoms with Gasteiger partial charge in [0.1, 0.15) is 0 Å². The van der Waals surface area contributed by atoms with Gasteiger partial charge in [0.05, 0.1) is 5.41 Å². The lowest BCUT2D eigenvalue weighted by Gasteiger charge is -2.36. The van der Waals surface area contributed by atoms with Gasteiger partial charge >= 0.3 is 0 Å². The van der Waals surface area contributed by atoms with E-state index in [1.807, 2.05) is 6.92 Å². The van der Waals surface area contributed by atoms with Gasteiger partial charge in [-0.25, -0.2) is 8.78 Å². The predicted octanol–water partition coefficient (Wildman–Crippen LogP) is 3.07. The first-order valence-corrected chi connectivity index (χ1v) is 7.04. The van der Waals surface area contributed by atoms with Crippen LogP contribution in [0.25, 0.3) is 0 Å². The Labute approximate surface area is 117 Å². The number of carbonyl (C=O) groups is 1. The van der Waals surface area contributed by atoms with Crippen molar-refractivity contribution in [3.8, 4) is 0 Å². The Morgan fingerprint density at radius 3 is 2.80 bits per heavy atom. The minimum Gasteiger partial charge on any atom is -0.325 e. The first-order valence-electron chi connectivity index (χ1n) is 7.04. The van der Waals surface area contributed by atoms with Crippen LogP contribution in [0.1, 0.15) is 32.6 Å². The molecule has 1 fully saturated rings. The van der Waals surface area contributed by atoms with Gasteiger partial charge in [-0.15, -0.1) is 0 Å². The van der Waals surface area contributed by atoms with Gasteiger partial charge < -0.3 is 10.6 Å². The summed E-state index contributed by atoms with van der Waals surface area (Å²) in [5.74, 6) is -1.97. The minimum absolute atomic E-state index is 0.113. The molecule has 1 aliphatic heterocycles. The molecule has 110 valence electrons. The van der Waals surface area contributed by atoms with E-state index in [-0.39, 0.29) is 5.91 Å². The van der Waals surface area contributed by atoms with Gasteiger partial charge in [0.2, 0.25) is 5.91 Å². The second kappa shape index (κ2) is 6.31. The van der Waals surface area contributed by atoms with E-state index in [0.717, 1.165) is 44.4 Å². The smallest absolute Gasteiger partial charge is 0.231 e. The summed E-state index contributed by atoms with van der Waals surface area (Å²) in [5.41, 5.74) is -0.146. The van der Waals surface area contributed by atoms with Gasteiger partial charge in [-0.1, -0.05) is 13.3 Å². The van der Waals surface area contributed by atoms with Gasteiger partial charge in [-0.2, -0.15) is 0 Å². The van der Waals surface area contributed by atoms with Crippen molar-refractivity contribution >= 4 is 11.6 Å².